The van der Waals surface area contributed by atoms with Crippen LogP contribution in [-0.2, 0) is 5.41 Å². The predicted octanol–water partition coefficient (Wildman–Crippen LogP) is 13.3. The molecule has 1 aliphatic heterocycles. The Balaban J connectivity index is 1.22. The van der Waals surface area contributed by atoms with Crippen LogP contribution in [0.2, 0.25) is 0 Å². The molecule has 1 spiro atoms. The molecule has 4 nitrogen and oxygen atoms in total. The van der Waals surface area contributed by atoms with Crippen LogP contribution < -0.4 is 0 Å². The summed E-state index contributed by atoms with van der Waals surface area (Å²) in [5.41, 5.74) is 15.4. The van der Waals surface area contributed by atoms with E-state index >= 15 is 0 Å². The topological polar surface area (TPSA) is 51.8 Å². The predicted molar refractivity (Wildman–Crippen MR) is 230 cm³/mol. The highest BCUT2D eigenvalue weighted by molar-refractivity contribution is 7.99. The molecule has 266 valence electrons. The second-order valence-electron chi connectivity index (χ2n) is 14.7. The Morgan fingerprint density at radius 3 is 1.93 bits per heavy atom. The number of fused-ring (bicyclic) bond motifs is 14. The van der Waals surface area contributed by atoms with Crippen LogP contribution in [0.4, 0.5) is 0 Å². The molecular formula is C52H31N3OS. The standard InChI is InChI=1S/C52H31N3OS/c1-2-13-32(14-3-1)45-30-46(55-51(54-45)34-15-12-26-53-31-34)33-24-25-38-36-17-5-4-16-35(36)37-18-6-8-20-41(37)52(43(38)27-33)42-21-9-11-23-49(42)57-50-28-40-39-19-7-10-22-47(39)56-48(40)29-44(50)52/h1-31H. The summed E-state index contributed by atoms with van der Waals surface area (Å²) in [6.45, 7) is 0. The molecule has 0 saturated carbocycles. The molecule has 0 saturated heterocycles. The lowest BCUT2D eigenvalue weighted by Gasteiger charge is -2.43. The monoisotopic (exact) mass is 745 g/mol. The zero-order valence-corrected chi connectivity index (χ0v) is 31.4. The molecule has 0 amide bonds. The number of nitrogens with zero attached hydrogens (tertiary/aromatic N) is 3. The molecule has 3 aromatic heterocycles. The van der Waals surface area contributed by atoms with Crippen LogP contribution >= 0.6 is 11.8 Å². The van der Waals surface area contributed by atoms with Gasteiger partial charge in [0.1, 0.15) is 11.2 Å². The van der Waals surface area contributed by atoms with Crippen molar-refractivity contribution >= 4 is 33.7 Å². The molecule has 4 heterocycles. The smallest absolute Gasteiger partial charge is 0.161 e. The highest BCUT2D eigenvalue weighted by atomic mass is 32.2. The van der Waals surface area contributed by atoms with E-state index < -0.39 is 5.41 Å². The van der Waals surface area contributed by atoms with E-state index in [2.05, 4.69) is 157 Å². The van der Waals surface area contributed by atoms with E-state index in [1.807, 2.05) is 42.2 Å². The minimum absolute atomic E-state index is 0.636. The average molecular weight is 746 g/mol. The minimum atomic E-state index is -0.716. The molecule has 0 fully saturated rings. The molecule has 0 N–H and O–H groups in total. The van der Waals surface area contributed by atoms with Gasteiger partial charge in [0.2, 0.25) is 0 Å². The third kappa shape index (κ3) is 4.79. The minimum Gasteiger partial charge on any atom is -0.456 e. The van der Waals surface area contributed by atoms with Crippen LogP contribution in [0.1, 0.15) is 22.3 Å². The van der Waals surface area contributed by atoms with E-state index in [0.717, 1.165) is 50.0 Å². The van der Waals surface area contributed by atoms with Crippen molar-refractivity contribution in [3.8, 4) is 56.2 Å². The molecule has 10 aromatic rings. The second-order valence-corrected chi connectivity index (χ2v) is 15.8. The summed E-state index contributed by atoms with van der Waals surface area (Å²) < 4.78 is 6.68. The van der Waals surface area contributed by atoms with Crippen molar-refractivity contribution in [2.75, 3.05) is 0 Å². The van der Waals surface area contributed by atoms with Crippen molar-refractivity contribution in [1.82, 2.24) is 15.0 Å². The highest BCUT2D eigenvalue weighted by Gasteiger charge is 2.48. The van der Waals surface area contributed by atoms with Crippen LogP contribution in [0.3, 0.4) is 0 Å². The first-order valence-corrected chi connectivity index (χ1v) is 20.0. The first-order chi connectivity index (χ1) is 28.2. The molecule has 1 aliphatic carbocycles. The van der Waals surface area contributed by atoms with Gasteiger partial charge in [-0.3, -0.25) is 4.98 Å². The summed E-state index contributed by atoms with van der Waals surface area (Å²) in [5.74, 6) is 0.636. The van der Waals surface area contributed by atoms with Gasteiger partial charge >= 0.3 is 0 Å². The zero-order valence-electron chi connectivity index (χ0n) is 30.6. The maximum atomic E-state index is 6.68. The SMILES string of the molecule is c1ccc(-c2cc(-c3ccc4c(c3)C3(c5ccccc5Sc5cc6c(cc53)oc3ccccc36)c3ccccc3-c3ccccc3-4)nc(-c3cccnc3)n2)cc1. The van der Waals surface area contributed by atoms with Gasteiger partial charge in [-0.1, -0.05) is 139 Å². The number of furan rings is 1. The van der Waals surface area contributed by atoms with Crippen LogP contribution in [0.25, 0.3) is 78.1 Å². The Morgan fingerprint density at radius 1 is 0.421 bits per heavy atom. The zero-order chi connectivity index (χ0) is 37.5. The second kappa shape index (κ2) is 12.5. The summed E-state index contributed by atoms with van der Waals surface area (Å²) in [6, 6.07) is 63.2. The maximum absolute atomic E-state index is 6.68. The summed E-state index contributed by atoms with van der Waals surface area (Å²) in [6.07, 6.45) is 3.62. The van der Waals surface area contributed by atoms with Gasteiger partial charge in [0, 0.05) is 49.6 Å². The van der Waals surface area contributed by atoms with Gasteiger partial charge in [-0.05, 0) is 93.0 Å². The van der Waals surface area contributed by atoms with E-state index in [9.17, 15) is 0 Å². The van der Waals surface area contributed by atoms with Crippen molar-refractivity contribution in [1.29, 1.82) is 0 Å². The van der Waals surface area contributed by atoms with E-state index in [-0.39, 0.29) is 0 Å². The Bertz CT molecular complexity index is 3170. The molecule has 7 aromatic carbocycles. The Hall–Kier alpha value is -7.08. The lowest BCUT2D eigenvalue weighted by molar-refractivity contribution is 0.660. The van der Waals surface area contributed by atoms with Crippen molar-refractivity contribution in [3.63, 3.8) is 0 Å². The lowest BCUT2D eigenvalue weighted by atomic mass is 9.63. The number of para-hydroxylation sites is 1. The largest absolute Gasteiger partial charge is 0.456 e. The molecular weight excluding hydrogens is 715 g/mol. The normalized spacial score (nSPS) is 15.0. The quantitative estimate of drug-likeness (QED) is 0.180. The van der Waals surface area contributed by atoms with Gasteiger partial charge in [0.05, 0.1) is 16.8 Å². The molecule has 57 heavy (non-hydrogen) atoms. The maximum Gasteiger partial charge on any atom is 0.161 e. The molecule has 1 unspecified atom stereocenters. The van der Waals surface area contributed by atoms with E-state index in [1.165, 1.54) is 54.3 Å². The molecule has 2 aliphatic rings. The molecule has 5 heteroatoms. The van der Waals surface area contributed by atoms with E-state index in [4.69, 9.17) is 14.4 Å². The van der Waals surface area contributed by atoms with Gasteiger partial charge in [-0.25, -0.2) is 9.97 Å². The van der Waals surface area contributed by atoms with Gasteiger partial charge in [0.15, 0.2) is 5.82 Å². The number of hydrogen-bond acceptors (Lipinski definition) is 5. The molecule has 0 radical (unpaired) electrons. The fraction of sp³-hybridized carbons (Fsp3) is 0.0192. The first kappa shape index (κ1) is 32.2. The highest BCUT2D eigenvalue weighted by Crippen LogP contribution is 2.62. The Labute approximate surface area is 333 Å². The van der Waals surface area contributed by atoms with Crippen LogP contribution in [-0.4, -0.2) is 15.0 Å². The first-order valence-electron chi connectivity index (χ1n) is 19.2. The summed E-state index contributed by atoms with van der Waals surface area (Å²) in [5, 5.41) is 2.26. The van der Waals surface area contributed by atoms with Crippen molar-refractivity contribution < 1.29 is 4.42 Å². The summed E-state index contributed by atoms with van der Waals surface area (Å²) in [7, 11) is 0. The van der Waals surface area contributed by atoms with Crippen LogP contribution in [0, 0.1) is 0 Å². The number of pyridine rings is 1. The van der Waals surface area contributed by atoms with Crippen molar-refractivity contribution in [2.45, 2.75) is 15.2 Å². The molecule has 0 bridgehead atoms. The van der Waals surface area contributed by atoms with Crippen molar-refractivity contribution in [2.24, 2.45) is 0 Å². The number of aromatic nitrogens is 3. The summed E-state index contributed by atoms with van der Waals surface area (Å²) in [4.78, 5) is 17.2. The van der Waals surface area contributed by atoms with Crippen molar-refractivity contribution in [3.05, 3.63) is 211 Å². The van der Waals surface area contributed by atoms with Gasteiger partial charge < -0.3 is 4.42 Å². The third-order valence-electron chi connectivity index (χ3n) is 11.7. The van der Waals surface area contributed by atoms with Gasteiger partial charge in [-0.15, -0.1) is 0 Å². The Kier molecular flexibility index (Phi) is 7.04. The molecule has 12 rings (SSSR count). The van der Waals surface area contributed by atoms with Crippen LogP contribution in [0.15, 0.2) is 203 Å². The van der Waals surface area contributed by atoms with Gasteiger partial charge in [0.25, 0.3) is 0 Å². The number of rotatable bonds is 3. The average Bonchev–Trinajstić information content (AvgIpc) is 3.60. The van der Waals surface area contributed by atoms with Crippen LogP contribution in [0.5, 0.6) is 0 Å². The Morgan fingerprint density at radius 2 is 1.11 bits per heavy atom. The van der Waals surface area contributed by atoms with E-state index in [1.54, 1.807) is 6.20 Å². The molecule has 1 atom stereocenters. The van der Waals surface area contributed by atoms with E-state index in [0.29, 0.717) is 5.82 Å². The number of benzene rings is 7. The van der Waals surface area contributed by atoms with Gasteiger partial charge in [-0.2, -0.15) is 0 Å². The number of hydrogen-bond donors (Lipinski definition) is 0. The third-order valence-corrected chi connectivity index (χ3v) is 12.8. The fourth-order valence-electron chi connectivity index (χ4n) is 9.21. The summed E-state index contributed by atoms with van der Waals surface area (Å²) >= 11 is 1.85. The fourth-order valence-corrected chi connectivity index (χ4v) is 10.4. The lowest BCUT2D eigenvalue weighted by Crippen LogP contribution is -2.34.